The van der Waals surface area contributed by atoms with Gasteiger partial charge in [-0.05, 0) is 66.8 Å². The Balaban J connectivity index is 1.06. The van der Waals surface area contributed by atoms with Gasteiger partial charge in [-0.2, -0.15) is 0 Å². The van der Waals surface area contributed by atoms with Crippen LogP contribution in [0.2, 0.25) is 0 Å². The molecule has 0 heterocycles. The molecule has 0 saturated heterocycles. The quantitative estimate of drug-likeness (QED) is 0.0559. The minimum absolute atomic E-state index is 0.628. The van der Waals surface area contributed by atoms with E-state index in [2.05, 4.69) is 384 Å². The summed E-state index contributed by atoms with van der Waals surface area (Å²) in [5, 5.41) is 8.73. The van der Waals surface area contributed by atoms with Gasteiger partial charge in [0.05, 0.1) is 22.2 Å². The summed E-state index contributed by atoms with van der Waals surface area (Å²) in [4.78, 5) is 5.58. The van der Waals surface area contributed by atoms with E-state index in [0.717, 1.165) is 0 Å². The summed E-state index contributed by atoms with van der Waals surface area (Å²) < 4.78 is 0. The van der Waals surface area contributed by atoms with Crippen LogP contribution >= 0.6 is 0 Å². The minimum Gasteiger partial charge on any atom is -0.299 e. The van der Waals surface area contributed by atoms with Crippen molar-refractivity contribution in [3.05, 3.63) is 431 Å². The van der Waals surface area contributed by atoms with Crippen molar-refractivity contribution in [3.63, 3.8) is 0 Å². The molecule has 422 valence electrons. The zero-order valence-electron chi connectivity index (χ0n) is 48.8. The van der Waals surface area contributed by atoms with Crippen LogP contribution in [0, 0.1) is 0 Å². The maximum atomic E-state index is 4.37. The van der Waals surface area contributed by atoms with Crippen molar-refractivity contribution >= 4 is 0 Å². The molecule has 0 atom stereocenters. The van der Waals surface area contributed by atoms with Crippen molar-refractivity contribution in [2.75, 3.05) is 39.3 Å². The van der Waals surface area contributed by atoms with Crippen LogP contribution < -0.4 is 10.6 Å². The monoisotopic (exact) mass is 1110 g/mol. The van der Waals surface area contributed by atoms with Gasteiger partial charge in [-0.3, -0.25) is 20.4 Å². The predicted molar refractivity (Wildman–Crippen MR) is 356 cm³/mol. The highest BCUT2D eigenvalue weighted by Gasteiger charge is 2.47. The van der Waals surface area contributed by atoms with Gasteiger partial charge in [0.2, 0.25) is 0 Å². The number of rotatable bonds is 25. The molecule has 0 saturated carbocycles. The Morgan fingerprint density at radius 2 is 0.314 bits per heavy atom. The summed E-state index contributed by atoms with van der Waals surface area (Å²) in [5.74, 6) is 0. The van der Waals surface area contributed by atoms with Gasteiger partial charge in [-0.25, -0.2) is 0 Å². The lowest BCUT2D eigenvalue weighted by atomic mass is 9.74. The van der Waals surface area contributed by atoms with Crippen LogP contribution in [0.15, 0.2) is 364 Å². The first-order chi connectivity index (χ1) is 42.7. The Morgan fingerprint density at radius 1 is 0.174 bits per heavy atom. The molecule has 4 heteroatoms. The molecule has 4 nitrogen and oxygen atoms in total. The zero-order valence-corrected chi connectivity index (χ0v) is 48.8. The van der Waals surface area contributed by atoms with Crippen LogP contribution in [0.25, 0.3) is 0 Å². The van der Waals surface area contributed by atoms with Gasteiger partial charge in [-0.15, -0.1) is 0 Å². The van der Waals surface area contributed by atoms with Crippen LogP contribution in [-0.2, 0) is 22.2 Å². The molecule has 12 aromatic carbocycles. The van der Waals surface area contributed by atoms with Crippen LogP contribution in [0.4, 0.5) is 0 Å². The van der Waals surface area contributed by atoms with Crippen LogP contribution in [-0.4, -0.2) is 49.1 Å². The fourth-order valence-electron chi connectivity index (χ4n) is 13.8. The van der Waals surface area contributed by atoms with Gasteiger partial charge in [0.1, 0.15) is 0 Å². The smallest absolute Gasteiger partial charge is 0.0973 e. The molecule has 0 aliphatic carbocycles. The second-order valence-corrected chi connectivity index (χ2v) is 22.1. The highest BCUT2D eigenvalue weighted by atomic mass is 15.3. The van der Waals surface area contributed by atoms with Crippen molar-refractivity contribution in [1.29, 1.82) is 0 Å². The maximum absolute atomic E-state index is 4.37. The van der Waals surface area contributed by atoms with Gasteiger partial charge in [-0.1, -0.05) is 364 Å². The van der Waals surface area contributed by atoms with E-state index < -0.39 is 22.2 Å². The molecule has 0 amide bonds. The Kier molecular flexibility index (Phi) is 17.9. The van der Waals surface area contributed by atoms with Crippen LogP contribution in [0.1, 0.15) is 66.8 Å². The highest BCUT2D eigenvalue weighted by Crippen LogP contribution is 2.46. The average Bonchev–Trinajstić information content (AvgIpc) is 1.39. The zero-order chi connectivity index (χ0) is 58.2. The summed E-state index contributed by atoms with van der Waals surface area (Å²) >= 11 is 0. The minimum atomic E-state index is -0.762. The van der Waals surface area contributed by atoms with E-state index in [1.54, 1.807) is 0 Å². The highest BCUT2D eigenvalue weighted by molar-refractivity contribution is 5.54. The van der Waals surface area contributed by atoms with Crippen LogP contribution in [0.5, 0.6) is 0 Å². The Hall–Kier alpha value is -9.52. The Bertz CT molecular complexity index is 3250. The maximum Gasteiger partial charge on any atom is 0.0973 e. The van der Waals surface area contributed by atoms with Crippen molar-refractivity contribution < 1.29 is 0 Å². The van der Waals surface area contributed by atoms with Gasteiger partial charge < -0.3 is 0 Å². The predicted octanol–water partition coefficient (Wildman–Crippen LogP) is 16.7. The average molecular weight is 1120 g/mol. The van der Waals surface area contributed by atoms with E-state index in [1.165, 1.54) is 66.8 Å². The van der Waals surface area contributed by atoms with Crippen molar-refractivity contribution in [3.8, 4) is 0 Å². The molecule has 2 N–H and O–H groups in total. The number of hydrogen-bond acceptors (Lipinski definition) is 4. The number of nitrogens with zero attached hydrogens (tertiary/aromatic N) is 2. The molecule has 12 aromatic rings. The fraction of sp³-hybridized carbons (Fsp3) is 0.122. The van der Waals surface area contributed by atoms with E-state index in [1.807, 2.05) is 0 Å². The van der Waals surface area contributed by atoms with Crippen LogP contribution in [0.3, 0.4) is 0 Å². The fourth-order valence-corrected chi connectivity index (χ4v) is 13.8. The van der Waals surface area contributed by atoms with Crippen molar-refractivity contribution in [2.24, 2.45) is 0 Å². The second-order valence-electron chi connectivity index (χ2n) is 22.1. The molecule has 86 heavy (non-hydrogen) atoms. The summed E-state index contributed by atoms with van der Waals surface area (Å²) in [7, 11) is 0. The van der Waals surface area contributed by atoms with E-state index in [-0.39, 0.29) is 0 Å². The first kappa shape index (κ1) is 56.9. The molecule has 0 radical (unpaired) electrons. The first-order valence-electron chi connectivity index (χ1n) is 30.3. The number of hydrogen-bond donors (Lipinski definition) is 2. The molecule has 0 aliphatic heterocycles. The summed E-state index contributed by atoms with van der Waals surface area (Å²) in [6.07, 6.45) is 0. The van der Waals surface area contributed by atoms with Gasteiger partial charge >= 0.3 is 0 Å². The Morgan fingerprint density at radius 3 is 0.465 bits per heavy atom. The van der Waals surface area contributed by atoms with E-state index in [4.69, 9.17) is 0 Å². The first-order valence-corrected chi connectivity index (χ1v) is 30.3. The van der Waals surface area contributed by atoms with Gasteiger partial charge in [0, 0.05) is 39.3 Å². The molecule has 0 spiro atoms. The normalized spacial score (nSPS) is 12.1. The SMILES string of the molecule is c1ccc(C(NCCN(CCN(CCNC(c2ccccc2)(c2ccccc2)c2ccccc2)C(c2ccccc2)(c2ccccc2)c2ccccc2)C(c2ccccc2)(c2ccccc2)c2ccccc2)(c2ccccc2)c2ccccc2)cc1. The summed E-state index contributed by atoms with van der Waals surface area (Å²) in [6.45, 7) is 3.89. The second kappa shape index (κ2) is 27.0. The summed E-state index contributed by atoms with van der Waals surface area (Å²) in [6, 6.07) is 133. The molecule has 0 aliphatic rings. The van der Waals surface area contributed by atoms with Gasteiger partial charge in [0.15, 0.2) is 0 Å². The third-order valence-electron chi connectivity index (χ3n) is 17.5. The molecule has 0 fully saturated rings. The van der Waals surface area contributed by atoms with Gasteiger partial charge in [0.25, 0.3) is 0 Å². The molecule has 0 aromatic heterocycles. The number of nitrogens with one attached hydrogen (secondary N) is 2. The van der Waals surface area contributed by atoms with E-state index in [0.29, 0.717) is 39.3 Å². The summed E-state index contributed by atoms with van der Waals surface area (Å²) in [5.41, 5.74) is 11.4. The van der Waals surface area contributed by atoms with Crippen molar-refractivity contribution in [2.45, 2.75) is 22.2 Å². The third-order valence-corrected chi connectivity index (χ3v) is 17.5. The Labute approximate surface area is 509 Å². The lowest BCUT2D eigenvalue weighted by Gasteiger charge is -2.50. The molecule has 0 unspecified atom stereocenters. The largest absolute Gasteiger partial charge is 0.299 e. The third kappa shape index (κ3) is 11.2. The molecule has 0 bridgehead atoms. The molecule has 12 rings (SSSR count). The van der Waals surface area contributed by atoms with Crippen molar-refractivity contribution in [1.82, 2.24) is 20.4 Å². The number of benzene rings is 12. The topological polar surface area (TPSA) is 30.5 Å². The van der Waals surface area contributed by atoms with E-state index >= 15 is 0 Å². The molecular formula is C82H74N4. The molecular weight excluding hydrogens is 1040 g/mol. The van der Waals surface area contributed by atoms with E-state index in [9.17, 15) is 0 Å². The lowest BCUT2D eigenvalue weighted by molar-refractivity contribution is 0.0941. The standard InChI is InChI=1S/C82H74N4/c1-13-37-67(38-14-1)79(68-39-15-2-16-40-68,69-41-17-3-18-42-69)83-61-63-85(81(73-49-25-7-26-50-73,74-51-27-8-28-52-74)75-53-29-9-30-54-75)65-66-86(82(76-55-31-10-32-56-76,77-57-33-11-34-58-77)78-59-35-12-36-60-78)64-62-84-80(70-43-19-4-20-44-70,71-45-21-5-22-46-71)72-47-23-6-24-48-72/h1-60,83-84H,61-66H2. The lowest BCUT2D eigenvalue weighted by Crippen LogP contribution is -2.58.